The van der Waals surface area contributed by atoms with Crippen LogP contribution in [0.5, 0.6) is 0 Å². The number of allylic oxidation sites excluding steroid dienone is 1. The van der Waals surface area contributed by atoms with Gasteiger partial charge in [-0.15, -0.1) is 0 Å². The largest absolute Gasteiger partial charge is 0.469 e. The fourth-order valence-electron chi connectivity index (χ4n) is 3.84. The molecule has 3 aliphatic heterocycles. The van der Waals surface area contributed by atoms with Gasteiger partial charge >= 0.3 is 5.97 Å². The maximum atomic E-state index is 12.7. The molecule has 4 rings (SSSR count). The first kappa shape index (κ1) is 16.5. The molecule has 126 valence electrons. The second-order valence-corrected chi connectivity index (χ2v) is 6.24. The van der Waals surface area contributed by atoms with E-state index in [4.69, 9.17) is 4.74 Å². The first-order valence-corrected chi connectivity index (χ1v) is 7.74. The Kier molecular flexibility index (Phi) is 3.94. The van der Waals surface area contributed by atoms with E-state index in [0.29, 0.717) is 0 Å². The Morgan fingerprint density at radius 1 is 1.20 bits per heavy atom. The summed E-state index contributed by atoms with van der Waals surface area (Å²) in [7, 11) is 1.30. The highest BCUT2D eigenvalue weighted by Crippen LogP contribution is 2.49. The Bertz CT molecular complexity index is 833. The number of methoxy groups -OCH3 is 1. The molecule has 4 atom stereocenters. The average Bonchev–Trinajstić information content (AvgIpc) is 2.61. The smallest absolute Gasteiger partial charge is 0.313 e. The van der Waals surface area contributed by atoms with Crippen LogP contribution >= 0.6 is 0 Å². The van der Waals surface area contributed by atoms with Crippen molar-refractivity contribution in [2.75, 3.05) is 7.11 Å². The Labute approximate surface area is 144 Å². The van der Waals surface area contributed by atoms with Crippen molar-refractivity contribution in [1.82, 2.24) is 10.6 Å². The molecular formula is C18H16N4O3. The number of carbonyl (C=O) groups excluding carboxylic acids is 2. The number of amides is 1. The number of benzene rings is 1. The molecule has 3 heterocycles. The minimum atomic E-state index is -1.16. The van der Waals surface area contributed by atoms with Crippen molar-refractivity contribution < 1.29 is 14.3 Å². The molecule has 0 aromatic heterocycles. The minimum absolute atomic E-state index is 0.157. The molecule has 0 spiro atoms. The molecule has 3 aliphatic rings. The normalized spacial score (nSPS) is 29.7. The predicted molar refractivity (Wildman–Crippen MR) is 86.1 cm³/mol. The fourth-order valence-corrected chi connectivity index (χ4v) is 3.84. The lowest BCUT2D eigenvalue weighted by Gasteiger charge is -2.55. The van der Waals surface area contributed by atoms with Crippen molar-refractivity contribution in [3.8, 4) is 12.1 Å². The summed E-state index contributed by atoms with van der Waals surface area (Å²) in [5, 5.41) is 24.3. The number of ether oxygens (including phenoxy) is 1. The van der Waals surface area contributed by atoms with Crippen LogP contribution in [0, 0.1) is 34.5 Å². The number of rotatable bonds is 2. The van der Waals surface area contributed by atoms with Crippen molar-refractivity contribution in [2.45, 2.75) is 18.5 Å². The summed E-state index contributed by atoms with van der Waals surface area (Å²) in [6.45, 7) is 1.66. The van der Waals surface area contributed by atoms with Gasteiger partial charge in [-0.3, -0.25) is 9.59 Å². The second kappa shape index (κ2) is 5.95. The van der Waals surface area contributed by atoms with Gasteiger partial charge in [0.05, 0.1) is 18.7 Å². The highest BCUT2D eigenvalue weighted by molar-refractivity contribution is 5.91. The lowest BCUT2D eigenvalue weighted by atomic mass is 9.63. The molecule has 0 aliphatic carbocycles. The summed E-state index contributed by atoms with van der Waals surface area (Å²) in [6.07, 6.45) is 0. The van der Waals surface area contributed by atoms with Crippen LogP contribution in [0.15, 0.2) is 41.6 Å². The quantitative estimate of drug-likeness (QED) is 0.613. The molecular weight excluding hydrogens is 320 g/mol. The van der Waals surface area contributed by atoms with Crippen LogP contribution in [0.25, 0.3) is 0 Å². The molecule has 3 fully saturated rings. The molecule has 3 saturated heterocycles. The summed E-state index contributed by atoms with van der Waals surface area (Å²) in [5.74, 6) is -2.88. The van der Waals surface area contributed by atoms with Crippen molar-refractivity contribution in [2.24, 2.45) is 11.8 Å². The number of esters is 1. The topological polar surface area (TPSA) is 115 Å². The monoisotopic (exact) mass is 336 g/mol. The number of nitrogens with one attached hydrogen (secondary N) is 2. The maximum Gasteiger partial charge on any atom is 0.313 e. The highest BCUT2D eigenvalue weighted by Gasteiger charge is 2.61. The second-order valence-electron chi connectivity index (χ2n) is 6.24. The Morgan fingerprint density at radius 2 is 1.84 bits per heavy atom. The zero-order valence-electron chi connectivity index (χ0n) is 13.7. The number of fused-ring (bicyclic) bond motifs is 3. The van der Waals surface area contributed by atoms with Gasteiger partial charge in [0.2, 0.25) is 5.91 Å². The summed E-state index contributed by atoms with van der Waals surface area (Å²) in [6, 6.07) is 12.8. The van der Waals surface area contributed by atoms with E-state index in [1.54, 1.807) is 6.92 Å². The van der Waals surface area contributed by atoms with Crippen LogP contribution in [0.4, 0.5) is 0 Å². The molecule has 25 heavy (non-hydrogen) atoms. The Morgan fingerprint density at radius 3 is 2.40 bits per heavy atom. The molecule has 1 amide bonds. The molecule has 2 bridgehead atoms. The third-order valence-corrected chi connectivity index (χ3v) is 4.84. The van der Waals surface area contributed by atoms with Crippen LogP contribution in [-0.4, -0.2) is 24.6 Å². The van der Waals surface area contributed by atoms with Crippen molar-refractivity contribution in [3.05, 3.63) is 47.2 Å². The molecule has 0 unspecified atom stereocenters. The van der Waals surface area contributed by atoms with Gasteiger partial charge in [-0.05, 0) is 12.5 Å². The van der Waals surface area contributed by atoms with E-state index < -0.39 is 29.4 Å². The first-order valence-electron chi connectivity index (χ1n) is 7.74. The van der Waals surface area contributed by atoms with Crippen LogP contribution in [-0.2, 0) is 14.3 Å². The van der Waals surface area contributed by atoms with E-state index in [0.717, 1.165) is 5.56 Å². The minimum Gasteiger partial charge on any atom is -0.469 e. The summed E-state index contributed by atoms with van der Waals surface area (Å²) in [4.78, 5) is 25.2. The Balaban J connectivity index is 2.26. The van der Waals surface area contributed by atoms with Gasteiger partial charge in [0, 0.05) is 5.92 Å². The summed E-state index contributed by atoms with van der Waals surface area (Å²) >= 11 is 0. The molecule has 0 saturated carbocycles. The van der Waals surface area contributed by atoms with Gasteiger partial charge in [-0.1, -0.05) is 30.3 Å². The van der Waals surface area contributed by atoms with Crippen LogP contribution in [0.3, 0.4) is 0 Å². The van der Waals surface area contributed by atoms with Crippen molar-refractivity contribution in [1.29, 1.82) is 10.5 Å². The van der Waals surface area contributed by atoms with E-state index in [-0.39, 0.29) is 17.2 Å². The molecule has 0 radical (unpaired) electrons. The van der Waals surface area contributed by atoms with Gasteiger partial charge in [0.25, 0.3) is 0 Å². The number of hydrogen-bond donors (Lipinski definition) is 2. The molecule has 7 heteroatoms. The maximum absolute atomic E-state index is 12.7. The third-order valence-electron chi connectivity index (χ3n) is 4.84. The van der Waals surface area contributed by atoms with E-state index in [1.165, 1.54) is 7.11 Å². The van der Waals surface area contributed by atoms with Gasteiger partial charge in [-0.25, -0.2) is 0 Å². The van der Waals surface area contributed by atoms with Crippen LogP contribution in [0.1, 0.15) is 18.4 Å². The molecule has 1 aromatic carbocycles. The lowest BCUT2D eigenvalue weighted by Crippen LogP contribution is -2.75. The van der Waals surface area contributed by atoms with E-state index in [2.05, 4.69) is 10.6 Å². The van der Waals surface area contributed by atoms with Crippen molar-refractivity contribution in [3.63, 3.8) is 0 Å². The Hall–Kier alpha value is -3.32. The number of carbonyl (C=O) groups is 2. The lowest BCUT2D eigenvalue weighted by molar-refractivity contribution is -0.158. The highest BCUT2D eigenvalue weighted by atomic mass is 16.5. The molecule has 1 aromatic rings. The van der Waals surface area contributed by atoms with E-state index >= 15 is 0 Å². The predicted octanol–water partition coefficient (Wildman–Crippen LogP) is 0.926. The van der Waals surface area contributed by atoms with Crippen LogP contribution in [0.2, 0.25) is 0 Å². The van der Waals surface area contributed by atoms with E-state index in [9.17, 15) is 20.1 Å². The zero-order chi connectivity index (χ0) is 18.2. The van der Waals surface area contributed by atoms with Crippen molar-refractivity contribution >= 4 is 11.9 Å². The number of nitriles is 2. The summed E-state index contributed by atoms with van der Waals surface area (Å²) < 4.78 is 4.97. The summed E-state index contributed by atoms with van der Waals surface area (Å²) in [5.41, 5.74) is -0.285. The number of hydrogen-bond acceptors (Lipinski definition) is 6. The number of piperidine rings is 2. The fraction of sp³-hybridized carbons (Fsp3) is 0.333. The molecule has 2 N–H and O–H groups in total. The first-order chi connectivity index (χ1) is 12.0. The van der Waals surface area contributed by atoms with Gasteiger partial charge < -0.3 is 15.4 Å². The number of nitrogens with zero attached hydrogens (tertiary/aromatic N) is 2. The standard InChI is InChI=1S/C18H16N4O3/c1-18-14(17(24)25-2)12(10-6-4-3-5-7-10)13(16(23)22-18)15(21-18)11(8-19)9-20/h3-7,12-14,21H,1-2H3,(H,22,23)/t12-,13+,14-,18+/m1/s1. The SMILES string of the molecule is COC(=O)[C@H]1[C@H](c2ccccc2)[C@@H]2C(=O)N[C@]1(C)NC2=C(C#N)C#N. The van der Waals surface area contributed by atoms with Gasteiger partial charge in [0.15, 0.2) is 0 Å². The average molecular weight is 336 g/mol. The van der Waals surface area contributed by atoms with Gasteiger partial charge in [-0.2, -0.15) is 10.5 Å². The molecule has 7 nitrogen and oxygen atoms in total. The zero-order valence-corrected chi connectivity index (χ0v) is 13.7. The third kappa shape index (κ3) is 2.41. The van der Waals surface area contributed by atoms with E-state index in [1.807, 2.05) is 42.5 Å². The van der Waals surface area contributed by atoms with Gasteiger partial charge in [0.1, 0.15) is 29.3 Å². The van der Waals surface area contributed by atoms with Crippen LogP contribution < -0.4 is 10.6 Å².